The van der Waals surface area contributed by atoms with Crippen LogP contribution < -0.4 is 16.4 Å². The predicted molar refractivity (Wildman–Crippen MR) is 143 cm³/mol. The van der Waals surface area contributed by atoms with Crippen molar-refractivity contribution in [1.29, 1.82) is 0 Å². The van der Waals surface area contributed by atoms with E-state index in [0.29, 0.717) is 17.7 Å². The summed E-state index contributed by atoms with van der Waals surface area (Å²) in [5.74, 6) is -0.786. The number of imide groups is 1. The van der Waals surface area contributed by atoms with Crippen molar-refractivity contribution in [3.05, 3.63) is 94.0 Å². The maximum atomic E-state index is 12.9. The third kappa shape index (κ3) is 7.65. The minimum absolute atomic E-state index is 0.125. The monoisotopic (exact) mass is 527 g/mol. The van der Waals surface area contributed by atoms with Gasteiger partial charge in [0.15, 0.2) is 9.84 Å². The van der Waals surface area contributed by atoms with Gasteiger partial charge in [-0.15, -0.1) is 0 Å². The minimum atomic E-state index is -3.59. The van der Waals surface area contributed by atoms with Gasteiger partial charge in [0.2, 0.25) is 0 Å². The lowest BCUT2D eigenvalue weighted by Gasteiger charge is -2.18. The Bertz CT molecular complexity index is 1350. The van der Waals surface area contributed by atoms with Gasteiger partial charge < -0.3 is 11.1 Å². The highest BCUT2D eigenvalue weighted by Crippen LogP contribution is 2.21. The molecular weight excluding hydrogens is 498 g/mol. The Labute approximate surface area is 217 Å². The van der Waals surface area contributed by atoms with E-state index < -0.39 is 21.8 Å². The zero-order chi connectivity index (χ0) is 26.5. The molecule has 7 nitrogen and oxygen atoms in total. The maximum Gasteiger partial charge on any atom is 0.326 e. The molecule has 0 bridgehead atoms. The first-order valence-corrected chi connectivity index (χ1v) is 13.5. The number of carbonyl (C=O) groups excluding carboxylic acids is 2. The number of nitrogens with one attached hydrogen (secondary N) is 2. The van der Waals surface area contributed by atoms with E-state index in [2.05, 4.69) is 10.6 Å². The van der Waals surface area contributed by atoms with Gasteiger partial charge in [0.05, 0.1) is 21.2 Å². The first-order valence-electron chi connectivity index (χ1n) is 11.5. The zero-order valence-corrected chi connectivity index (χ0v) is 22.0. The lowest BCUT2D eigenvalue weighted by Crippen LogP contribution is -2.34. The fourth-order valence-corrected chi connectivity index (χ4v) is 5.18. The third-order valence-electron chi connectivity index (χ3n) is 5.42. The number of urea groups is 1. The third-order valence-corrected chi connectivity index (χ3v) is 7.45. The van der Waals surface area contributed by atoms with Crippen LogP contribution >= 0.6 is 11.6 Å². The number of aryl methyl sites for hydroxylation is 1. The summed E-state index contributed by atoms with van der Waals surface area (Å²) in [6.45, 7) is 5.82. The molecule has 3 amide bonds. The van der Waals surface area contributed by atoms with Gasteiger partial charge in [-0.3, -0.25) is 10.1 Å². The van der Waals surface area contributed by atoms with Crippen molar-refractivity contribution >= 4 is 39.1 Å². The Kier molecular flexibility index (Phi) is 8.55. The summed E-state index contributed by atoms with van der Waals surface area (Å²) in [7, 11) is -3.59. The Hall–Kier alpha value is -3.20. The molecule has 3 rings (SSSR count). The fourth-order valence-electron chi connectivity index (χ4n) is 3.63. The van der Waals surface area contributed by atoms with Crippen molar-refractivity contribution in [2.45, 2.75) is 49.8 Å². The molecule has 0 aliphatic carbocycles. The van der Waals surface area contributed by atoms with Gasteiger partial charge in [-0.05, 0) is 79.8 Å². The molecule has 3 aromatic rings. The van der Waals surface area contributed by atoms with E-state index in [1.807, 2.05) is 39.0 Å². The molecule has 0 fully saturated rings. The van der Waals surface area contributed by atoms with E-state index in [9.17, 15) is 18.0 Å². The lowest BCUT2D eigenvalue weighted by atomic mass is 9.96. The summed E-state index contributed by atoms with van der Waals surface area (Å²) in [5, 5.41) is 5.00. The summed E-state index contributed by atoms with van der Waals surface area (Å²) in [6.07, 6.45) is 1.41. The second-order valence-electron chi connectivity index (χ2n) is 9.34. The predicted octanol–water partition coefficient (Wildman–Crippen LogP) is 5.12. The van der Waals surface area contributed by atoms with Gasteiger partial charge in [-0.2, -0.15) is 0 Å². The highest BCUT2D eigenvalue weighted by Gasteiger charge is 2.18. The highest BCUT2D eigenvalue weighted by molar-refractivity contribution is 7.90. The molecule has 3 aromatic carbocycles. The second-order valence-corrected chi connectivity index (χ2v) is 11.7. The molecule has 0 aliphatic heterocycles. The van der Waals surface area contributed by atoms with E-state index in [1.54, 1.807) is 24.3 Å². The molecule has 4 N–H and O–H groups in total. The normalized spacial score (nSPS) is 11.7. The molecule has 0 heterocycles. The highest BCUT2D eigenvalue weighted by atomic mass is 35.5. The minimum Gasteiger partial charge on any atom is -0.325 e. The lowest BCUT2D eigenvalue weighted by molar-refractivity contribution is 0.0967. The number of rotatable bonds is 8. The number of halogens is 1. The number of benzene rings is 3. The van der Waals surface area contributed by atoms with Crippen molar-refractivity contribution in [2.75, 3.05) is 5.32 Å². The number of hydrogen-bond donors (Lipinski definition) is 3. The van der Waals surface area contributed by atoms with Gasteiger partial charge in [0.25, 0.3) is 5.91 Å². The summed E-state index contributed by atoms with van der Waals surface area (Å²) in [5.41, 5.74) is 8.85. The summed E-state index contributed by atoms with van der Waals surface area (Å²) in [6, 6.07) is 17.4. The van der Waals surface area contributed by atoms with Crippen LogP contribution in [0.1, 0.15) is 47.8 Å². The first-order chi connectivity index (χ1) is 16.9. The van der Waals surface area contributed by atoms with Crippen molar-refractivity contribution in [2.24, 2.45) is 5.73 Å². The summed E-state index contributed by atoms with van der Waals surface area (Å²) in [4.78, 5) is 24.9. The topological polar surface area (TPSA) is 118 Å². The van der Waals surface area contributed by atoms with Crippen molar-refractivity contribution in [1.82, 2.24) is 5.32 Å². The number of hydrogen-bond acceptors (Lipinski definition) is 5. The van der Waals surface area contributed by atoms with E-state index in [1.165, 1.54) is 24.3 Å². The number of sulfone groups is 1. The van der Waals surface area contributed by atoms with Crippen molar-refractivity contribution in [3.63, 3.8) is 0 Å². The quantitative estimate of drug-likeness (QED) is 0.376. The van der Waals surface area contributed by atoms with Gasteiger partial charge in [-0.25, -0.2) is 13.2 Å². The van der Waals surface area contributed by atoms with E-state index in [-0.39, 0.29) is 26.8 Å². The molecular formula is C27H30ClN3O4S. The molecule has 36 heavy (non-hydrogen) atoms. The van der Waals surface area contributed by atoms with Crippen LogP contribution in [0.15, 0.2) is 71.6 Å². The van der Waals surface area contributed by atoms with Crippen LogP contribution in [0.5, 0.6) is 0 Å². The van der Waals surface area contributed by atoms with Gasteiger partial charge in [0.1, 0.15) is 0 Å². The van der Waals surface area contributed by atoms with Crippen LogP contribution in [-0.4, -0.2) is 25.9 Å². The van der Waals surface area contributed by atoms with Crippen LogP contribution in [0.3, 0.4) is 0 Å². The number of anilines is 1. The Balaban J connectivity index is 1.62. The second kappa shape index (κ2) is 11.2. The SMILES string of the molecule is CCc1ccc(Cl)c(C(=O)NC(=O)Nc2ccc(S(=O)(=O)Cc3ccc(CC(C)(C)N)cc3)cc2)c1. The van der Waals surface area contributed by atoms with E-state index in [0.717, 1.165) is 17.5 Å². The Morgan fingerprint density at radius 2 is 1.50 bits per heavy atom. The van der Waals surface area contributed by atoms with Gasteiger partial charge in [0, 0.05) is 11.2 Å². The molecule has 0 unspecified atom stereocenters. The average molecular weight is 528 g/mol. The summed E-state index contributed by atoms with van der Waals surface area (Å²) >= 11 is 6.09. The molecule has 9 heteroatoms. The van der Waals surface area contributed by atoms with Crippen molar-refractivity contribution < 1.29 is 18.0 Å². The molecule has 0 spiro atoms. The fraction of sp³-hybridized carbons (Fsp3) is 0.259. The summed E-state index contributed by atoms with van der Waals surface area (Å²) < 4.78 is 25.7. The van der Waals surface area contributed by atoms with Gasteiger partial charge >= 0.3 is 6.03 Å². The standard InChI is InChI=1S/C27H30ClN3O4S/c1-4-18-9-14-24(28)23(15-18)25(32)31-26(33)30-21-10-12-22(13-11-21)36(34,35)17-20-7-5-19(6-8-20)16-27(2,3)29/h5-15H,4,16-17,29H2,1-3H3,(H2,30,31,32,33). The largest absolute Gasteiger partial charge is 0.326 e. The van der Waals surface area contributed by atoms with Crippen LogP contribution in [0, 0.1) is 0 Å². The van der Waals surface area contributed by atoms with Crippen LogP contribution in [0.25, 0.3) is 0 Å². The molecule has 0 radical (unpaired) electrons. The molecule has 0 atom stereocenters. The molecule has 0 saturated heterocycles. The maximum absolute atomic E-state index is 12.9. The van der Waals surface area contributed by atoms with Crippen LogP contribution in [-0.2, 0) is 28.4 Å². The number of carbonyl (C=O) groups is 2. The number of amides is 3. The Morgan fingerprint density at radius 3 is 2.08 bits per heavy atom. The van der Waals surface area contributed by atoms with E-state index in [4.69, 9.17) is 17.3 Å². The van der Waals surface area contributed by atoms with E-state index >= 15 is 0 Å². The zero-order valence-electron chi connectivity index (χ0n) is 20.5. The molecule has 0 saturated carbocycles. The van der Waals surface area contributed by atoms with Crippen LogP contribution in [0.4, 0.5) is 10.5 Å². The molecule has 0 aliphatic rings. The molecule has 0 aromatic heterocycles. The number of nitrogens with two attached hydrogens (primary N) is 1. The smallest absolute Gasteiger partial charge is 0.325 e. The Morgan fingerprint density at radius 1 is 0.917 bits per heavy atom. The van der Waals surface area contributed by atoms with Crippen molar-refractivity contribution in [3.8, 4) is 0 Å². The molecule has 190 valence electrons. The first kappa shape index (κ1) is 27.4. The average Bonchev–Trinajstić information content (AvgIpc) is 2.80. The van der Waals surface area contributed by atoms with Gasteiger partial charge in [-0.1, -0.05) is 48.9 Å². The van der Waals surface area contributed by atoms with Crippen LogP contribution in [0.2, 0.25) is 5.02 Å².